The molecule has 1 rings (SSSR count). The first-order valence-corrected chi connectivity index (χ1v) is 5.43. The van der Waals surface area contributed by atoms with Crippen LogP contribution in [0, 0.1) is 5.41 Å². The molecule has 0 unspecified atom stereocenters. The fourth-order valence-electron chi connectivity index (χ4n) is 2.32. The molecule has 0 heterocycles. The van der Waals surface area contributed by atoms with Crippen molar-refractivity contribution in [1.29, 1.82) is 0 Å². The Bertz CT molecular complexity index is 209. The molecular weight excluding hydrogens is 172 g/mol. The number of hydrogen-bond donors (Lipinski definition) is 0. The van der Waals surface area contributed by atoms with Crippen LogP contribution in [0.25, 0.3) is 0 Å². The quantitative estimate of drug-likeness (QED) is 0.620. The minimum absolute atomic E-state index is 0.431. The van der Waals surface area contributed by atoms with Crippen molar-refractivity contribution in [2.45, 2.75) is 45.1 Å². The molecule has 14 heavy (non-hydrogen) atoms. The van der Waals surface area contributed by atoms with Gasteiger partial charge in [0, 0.05) is 7.11 Å². The Morgan fingerprint density at radius 3 is 2.50 bits per heavy atom. The Labute approximate surface area is 87.8 Å². The molecule has 0 amide bonds. The van der Waals surface area contributed by atoms with Crippen LogP contribution in [-0.2, 0) is 4.74 Å². The zero-order valence-electron chi connectivity index (χ0n) is 9.51. The third kappa shape index (κ3) is 2.98. The Morgan fingerprint density at radius 1 is 1.50 bits per heavy atom. The Morgan fingerprint density at radius 2 is 2.07 bits per heavy atom. The van der Waals surface area contributed by atoms with Gasteiger partial charge in [-0.3, -0.25) is 0 Å². The highest BCUT2D eigenvalue weighted by molar-refractivity contribution is 5.13. The van der Waals surface area contributed by atoms with Gasteiger partial charge >= 0.3 is 0 Å². The van der Waals surface area contributed by atoms with E-state index in [0.29, 0.717) is 11.5 Å². The van der Waals surface area contributed by atoms with E-state index in [9.17, 15) is 0 Å². The molecular formula is C13H22O. The molecule has 0 aromatic carbocycles. The summed E-state index contributed by atoms with van der Waals surface area (Å²) in [6, 6.07) is 0. The van der Waals surface area contributed by atoms with E-state index in [-0.39, 0.29) is 0 Å². The normalized spacial score (nSPS) is 32.6. The Kier molecular flexibility index (Phi) is 3.94. The average molecular weight is 194 g/mol. The maximum atomic E-state index is 5.37. The lowest BCUT2D eigenvalue weighted by molar-refractivity contribution is 0.0328. The first-order valence-electron chi connectivity index (χ1n) is 5.43. The zero-order chi connectivity index (χ0) is 10.6. The number of hydrogen-bond acceptors (Lipinski definition) is 1. The van der Waals surface area contributed by atoms with Crippen molar-refractivity contribution < 1.29 is 4.74 Å². The predicted molar refractivity (Wildman–Crippen MR) is 61.3 cm³/mol. The molecule has 1 fully saturated rings. The van der Waals surface area contributed by atoms with Gasteiger partial charge in [0.05, 0.1) is 6.10 Å². The zero-order valence-corrected chi connectivity index (χ0v) is 9.51. The van der Waals surface area contributed by atoms with E-state index in [1.807, 2.05) is 13.2 Å². The molecule has 80 valence electrons. The fourth-order valence-corrected chi connectivity index (χ4v) is 2.32. The molecule has 0 radical (unpaired) electrons. The van der Waals surface area contributed by atoms with Gasteiger partial charge in [0.15, 0.2) is 0 Å². The molecule has 1 saturated carbocycles. The number of ether oxygens (including phenoxy) is 1. The highest BCUT2D eigenvalue weighted by Gasteiger charge is 2.30. The lowest BCUT2D eigenvalue weighted by atomic mass is 9.71. The maximum Gasteiger partial charge on any atom is 0.0571 e. The summed E-state index contributed by atoms with van der Waals surface area (Å²) in [6.07, 6.45) is 8.34. The van der Waals surface area contributed by atoms with Gasteiger partial charge in [-0.05, 0) is 37.5 Å². The van der Waals surface area contributed by atoms with E-state index < -0.39 is 0 Å². The van der Waals surface area contributed by atoms with Gasteiger partial charge < -0.3 is 4.74 Å². The standard InChI is InChI=1S/C13H22O/c1-5-11(2)10-13(3)8-6-12(14-4)7-9-13/h5,12H,1-2,6-10H2,3-4H3. The van der Waals surface area contributed by atoms with Crippen LogP contribution in [0.4, 0.5) is 0 Å². The fraction of sp³-hybridized carbons (Fsp3) is 0.692. The van der Waals surface area contributed by atoms with Gasteiger partial charge in [0.25, 0.3) is 0 Å². The van der Waals surface area contributed by atoms with E-state index in [1.54, 1.807) is 0 Å². The molecule has 1 heteroatoms. The molecule has 0 aromatic heterocycles. The third-order valence-electron chi connectivity index (χ3n) is 3.42. The summed E-state index contributed by atoms with van der Waals surface area (Å²) >= 11 is 0. The van der Waals surface area contributed by atoms with Gasteiger partial charge in [-0.25, -0.2) is 0 Å². The van der Waals surface area contributed by atoms with Crippen molar-refractivity contribution in [2.75, 3.05) is 7.11 Å². The molecule has 1 aliphatic carbocycles. The second-order valence-electron chi connectivity index (χ2n) is 4.78. The van der Waals surface area contributed by atoms with Gasteiger partial charge in [0.1, 0.15) is 0 Å². The maximum absolute atomic E-state index is 5.37. The molecule has 0 bridgehead atoms. The predicted octanol–water partition coefficient (Wildman–Crippen LogP) is 3.71. The van der Waals surface area contributed by atoms with Gasteiger partial charge in [0.2, 0.25) is 0 Å². The lowest BCUT2D eigenvalue weighted by Crippen LogP contribution is -2.28. The van der Waals surface area contributed by atoms with Crippen LogP contribution < -0.4 is 0 Å². The molecule has 0 atom stereocenters. The van der Waals surface area contributed by atoms with Crippen LogP contribution in [0.5, 0.6) is 0 Å². The van der Waals surface area contributed by atoms with Crippen molar-refractivity contribution in [2.24, 2.45) is 5.41 Å². The summed E-state index contributed by atoms with van der Waals surface area (Å²) in [6.45, 7) is 10.1. The van der Waals surface area contributed by atoms with Crippen LogP contribution in [-0.4, -0.2) is 13.2 Å². The highest BCUT2D eigenvalue weighted by atomic mass is 16.5. The summed E-state index contributed by atoms with van der Waals surface area (Å²) in [5.41, 5.74) is 1.60. The SMILES string of the molecule is C=CC(=C)CC1(C)CCC(OC)CC1. The molecule has 0 aliphatic heterocycles. The van der Waals surface area contributed by atoms with Crippen molar-refractivity contribution >= 4 is 0 Å². The van der Waals surface area contributed by atoms with Crippen molar-refractivity contribution in [1.82, 2.24) is 0 Å². The summed E-state index contributed by atoms with van der Waals surface area (Å²) in [5.74, 6) is 0. The second kappa shape index (κ2) is 4.79. The number of rotatable bonds is 4. The van der Waals surface area contributed by atoms with Crippen LogP contribution in [0.2, 0.25) is 0 Å². The number of allylic oxidation sites excluding steroid dienone is 2. The minimum atomic E-state index is 0.431. The molecule has 0 saturated heterocycles. The topological polar surface area (TPSA) is 9.23 Å². The molecule has 0 spiro atoms. The number of methoxy groups -OCH3 is 1. The van der Waals surface area contributed by atoms with Crippen LogP contribution in [0.3, 0.4) is 0 Å². The second-order valence-corrected chi connectivity index (χ2v) is 4.78. The van der Waals surface area contributed by atoms with E-state index in [4.69, 9.17) is 4.74 Å². The van der Waals surface area contributed by atoms with E-state index in [2.05, 4.69) is 20.1 Å². The van der Waals surface area contributed by atoms with E-state index >= 15 is 0 Å². The summed E-state index contributed by atoms with van der Waals surface area (Å²) in [4.78, 5) is 0. The van der Waals surface area contributed by atoms with Crippen molar-refractivity contribution in [3.63, 3.8) is 0 Å². The lowest BCUT2D eigenvalue weighted by Gasteiger charge is -2.37. The van der Waals surface area contributed by atoms with Gasteiger partial charge in [-0.1, -0.05) is 31.7 Å². The largest absolute Gasteiger partial charge is 0.381 e. The monoisotopic (exact) mass is 194 g/mol. The Hall–Kier alpha value is -0.560. The first kappa shape index (κ1) is 11.5. The summed E-state index contributed by atoms with van der Waals surface area (Å²) < 4.78 is 5.37. The summed E-state index contributed by atoms with van der Waals surface area (Å²) in [5, 5.41) is 0. The Balaban J connectivity index is 2.44. The minimum Gasteiger partial charge on any atom is -0.381 e. The van der Waals surface area contributed by atoms with Crippen molar-refractivity contribution in [3.05, 3.63) is 24.8 Å². The highest BCUT2D eigenvalue weighted by Crippen LogP contribution is 2.41. The van der Waals surface area contributed by atoms with E-state index in [1.165, 1.54) is 31.3 Å². The first-order chi connectivity index (χ1) is 6.59. The van der Waals surface area contributed by atoms with Gasteiger partial charge in [-0.2, -0.15) is 0 Å². The smallest absolute Gasteiger partial charge is 0.0571 e. The van der Waals surface area contributed by atoms with Crippen LogP contribution in [0.1, 0.15) is 39.0 Å². The molecule has 0 aromatic rings. The molecule has 0 N–H and O–H groups in total. The summed E-state index contributed by atoms with van der Waals surface area (Å²) in [7, 11) is 1.82. The van der Waals surface area contributed by atoms with Gasteiger partial charge in [-0.15, -0.1) is 0 Å². The molecule has 1 aliphatic rings. The van der Waals surface area contributed by atoms with Crippen LogP contribution >= 0.6 is 0 Å². The van der Waals surface area contributed by atoms with Crippen LogP contribution in [0.15, 0.2) is 24.8 Å². The molecule has 1 nitrogen and oxygen atoms in total. The third-order valence-corrected chi connectivity index (χ3v) is 3.42. The van der Waals surface area contributed by atoms with E-state index in [0.717, 1.165) is 6.42 Å². The average Bonchev–Trinajstić information content (AvgIpc) is 2.18. The van der Waals surface area contributed by atoms with Crippen molar-refractivity contribution in [3.8, 4) is 0 Å².